The maximum absolute atomic E-state index is 8.62. The van der Waals surface area contributed by atoms with Crippen molar-refractivity contribution in [2.24, 2.45) is 0 Å². The van der Waals surface area contributed by atoms with Crippen LogP contribution in [0.15, 0.2) is 12.1 Å². The first-order valence-electron chi connectivity index (χ1n) is 7.33. The van der Waals surface area contributed by atoms with Crippen molar-refractivity contribution >= 4 is 15.4 Å². The van der Waals surface area contributed by atoms with E-state index in [0.717, 1.165) is 25.9 Å². The van der Waals surface area contributed by atoms with E-state index in [0.29, 0.717) is 5.04 Å². The monoisotopic (exact) mass is 286 g/mol. The Morgan fingerprint density at radius 2 is 1.63 bits per heavy atom. The van der Waals surface area contributed by atoms with Crippen LogP contribution in [0.2, 0.25) is 18.1 Å². The second kappa shape index (κ2) is 8.95. The van der Waals surface area contributed by atoms with E-state index in [2.05, 4.69) is 33.9 Å². The van der Waals surface area contributed by atoms with E-state index in [-0.39, 0.29) is 0 Å². The first-order valence-corrected chi connectivity index (χ1v) is 10.2. The summed E-state index contributed by atoms with van der Waals surface area (Å²) in [5.41, 5.74) is 0. The number of allylic oxidation sites excluding steroid dienone is 1. The Bertz CT molecular complexity index is 260. The summed E-state index contributed by atoms with van der Waals surface area (Å²) in [5, 5.41) is 17.5. The van der Waals surface area contributed by atoms with Crippen LogP contribution in [-0.4, -0.2) is 32.1 Å². The lowest BCUT2D eigenvalue weighted by molar-refractivity contribution is 0.277. The van der Waals surface area contributed by atoms with E-state index >= 15 is 0 Å². The summed E-state index contributed by atoms with van der Waals surface area (Å²) >= 11 is 0. The van der Waals surface area contributed by atoms with Crippen LogP contribution in [0.25, 0.3) is 0 Å². The SMILES string of the molecule is CC(C)(C)[Si](C)(C)OCCCCCC/C=C/B(O)O. The largest absolute Gasteiger partial charge is 0.480 e. The van der Waals surface area contributed by atoms with Crippen LogP contribution >= 0.6 is 0 Å². The van der Waals surface area contributed by atoms with Crippen LogP contribution < -0.4 is 0 Å². The van der Waals surface area contributed by atoms with Gasteiger partial charge in [0, 0.05) is 6.61 Å². The summed E-state index contributed by atoms with van der Waals surface area (Å²) in [4.78, 5) is 0. The van der Waals surface area contributed by atoms with E-state index in [1.54, 1.807) is 0 Å². The van der Waals surface area contributed by atoms with Crippen molar-refractivity contribution in [3.8, 4) is 0 Å². The Morgan fingerprint density at radius 1 is 1.05 bits per heavy atom. The third kappa shape index (κ3) is 9.44. The number of hydrogen-bond acceptors (Lipinski definition) is 3. The molecule has 0 rings (SSSR count). The van der Waals surface area contributed by atoms with Crippen LogP contribution in [0, 0.1) is 0 Å². The first kappa shape index (κ1) is 18.9. The molecule has 0 spiro atoms. The Kier molecular flexibility index (Phi) is 8.91. The summed E-state index contributed by atoms with van der Waals surface area (Å²) in [7, 11) is -2.87. The number of hydrogen-bond donors (Lipinski definition) is 2. The molecule has 0 aliphatic carbocycles. The standard InChI is InChI=1S/C14H31BO3Si/c1-14(2,3)19(4,5)18-13-11-9-7-6-8-10-12-15(16)17/h10,12,16-17H,6-9,11,13H2,1-5H3/b12-10+. The van der Waals surface area contributed by atoms with E-state index in [4.69, 9.17) is 14.5 Å². The molecule has 0 amide bonds. The van der Waals surface area contributed by atoms with E-state index < -0.39 is 15.4 Å². The van der Waals surface area contributed by atoms with Crippen LogP contribution in [0.3, 0.4) is 0 Å². The fourth-order valence-corrected chi connectivity index (χ4v) is 2.57. The molecule has 0 bridgehead atoms. The van der Waals surface area contributed by atoms with Gasteiger partial charge in [0.2, 0.25) is 0 Å². The Hall–Kier alpha value is -0.0982. The van der Waals surface area contributed by atoms with Crippen LogP contribution in [0.4, 0.5) is 0 Å². The molecule has 0 fully saturated rings. The van der Waals surface area contributed by atoms with Gasteiger partial charge in [-0.2, -0.15) is 0 Å². The normalized spacial score (nSPS) is 13.2. The maximum atomic E-state index is 8.62. The summed E-state index contributed by atoms with van der Waals surface area (Å²) in [5.74, 6) is 1.42. The van der Waals surface area contributed by atoms with Crippen molar-refractivity contribution in [1.82, 2.24) is 0 Å². The molecule has 0 atom stereocenters. The van der Waals surface area contributed by atoms with Gasteiger partial charge in [0.25, 0.3) is 0 Å². The average Bonchev–Trinajstić information content (AvgIpc) is 2.24. The minimum atomic E-state index is -1.57. The highest BCUT2D eigenvalue weighted by Gasteiger charge is 2.36. The molecular weight excluding hydrogens is 255 g/mol. The molecule has 0 heterocycles. The summed E-state index contributed by atoms with van der Waals surface area (Å²) < 4.78 is 6.11. The van der Waals surface area contributed by atoms with Crippen LogP contribution in [0.1, 0.15) is 52.9 Å². The molecule has 5 heteroatoms. The molecular formula is C14H31BO3Si. The van der Waals surface area contributed by atoms with Gasteiger partial charge in [0.15, 0.2) is 8.32 Å². The van der Waals surface area contributed by atoms with Crippen LogP contribution in [0.5, 0.6) is 0 Å². The highest BCUT2D eigenvalue weighted by molar-refractivity contribution is 6.74. The summed E-state index contributed by atoms with van der Waals surface area (Å²) in [6, 6.07) is 0. The van der Waals surface area contributed by atoms with E-state index in [1.807, 2.05) is 6.08 Å². The molecule has 0 aromatic carbocycles. The molecule has 0 aromatic rings. The highest BCUT2D eigenvalue weighted by Crippen LogP contribution is 2.36. The maximum Gasteiger partial charge on any atom is 0.480 e. The smallest absolute Gasteiger partial charge is 0.424 e. The second-order valence-electron chi connectivity index (χ2n) is 6.65. The second-order valence-corrected chi connectivity index (χ2v) is 11.5. The van der Waals surface area contributed by atoms with Gasteiger partial charge in [-0.1, -0.05) is 45.7 Å². The zero-order chi connectivity index (χ0) is 14.9. The predicted molar refractivity (Wildman–Crippen MR) is 85.6 cm³/mol. The molecule has 0 unspecified atom stereocenters. The average molecular weight is 286 g/mol. The molecule has 0 saturated heterocycles. The molecule has 0 radical (unpaired) electrons. The van der Waals surface area contributed by atoms with Gasteiger partial charge in [0.05, 0.1) is 0 Å². The van der Waals surface area contributed by atoms with Crippen molar-refractivity contribution in [2.45, 2.75) is 71.0 Å². The molecule has 3 nitrogen and oxygen atoms in total. The zero-order valence-corrected chi connectivity index (χ0v) is 14.3. The molecule has 0 aliphatic rings. The molecule has 19 heavy (non-hydrogen) atoms. The molecule has 2 N–H and O–H groups in total. The molecule has 0 aliphatic heterocycles. The van der Waals surface area contributed by atoms with Gasteiger partial charge in [0.1, 0.15) is 0 Å². The van der Waals surface area contributed by atoms with Crippen molar-refractivity contribution in [2.75, 3.05) is 6.61 Å². The quantitative estimate of drug-likeness (QED) is 0.503. The fourth-order valence-electron chi connectivity index (χ4n) is 1.48. The van der Waals surface area contributed by atoms with Crippen molar-refractivity contribution < 1.29 is 14.5 Å². The third-order valence-corrected chi connectivity index (χ3v) is 8.38. The lowest BCUT2D eigenvalue weighted by Gasteiger charge is -2.36. The molecule has 112 valence electrons. The van der Waals surface area contributed by atoms with Gasteiger partial charge in [-0.3, -0.25) is 0 Å². The highest BCUT2D eigenvalue weighted by atomic mass is 28.4. The zero-order valence-electron chi connectivity index (χ0n) is 13.3. The van der Waals surface area contributed by atoms with Gasteiger partial charge in [-0.15, -0.1) is 0 Å². The van der Waals surface area contributed by atoms with E-state index in [9.17, 15) is 0 Å². The third-order valence-electron chi connectivity index (χ3n) is 3.84. The van der Waals surface area contributed by atoms with Gasteiger partial charge < -0.3 is 14.5 Å². The number of rotatable bonds is 9. The van der Waals surface area contributed by atoms with Gasteiger partial charge in [-0.05, 0) is 37.4 Å². The van der Waals surface area contributed by atoms with Gasteiger partial charge in [-0.25, -0.2) is 0 Å². The van der Waals surface area contributed by atoms with Gasteiger partial charge >= 0.3 is 7.12 Å². The Labute approximate surface area is 120 Å². The van der Waals surface area contributed by atoms with Crippen LogP contribution in [-0.2, 0) is 4.43 Å². The fraction of sp³-hybridized carbons (Fsp3) is 0.857. The molecule has 0 aromatic heterocycles. The summed E-state index contributed by atoms with van der Waals surface area (Å²) in [6.45, 7) is 12.3. The minimum Gasteiger partial charge on any atom is -0.424 e. The van der Waals surface area contributed by atoms with E-state index in [1.165, 1.54) is 18.8 Å². The first-order chi connectivity index (χ1) is 8.67. The Morgan fingerprint density at radius 3 is 2.16 bits per heavy atom. The minimum absolute atomic E-state index is 0.295. The topological polar surface area (TPSA) is 49.7 Å². The number of unbranched alkanes of at least 4 members (excludes halogenated alkanes) is 4. The Balaban J connectivity index is 3.51. The van der Waals surface area contributed by atoms with Crippen molar-refractivity contribution in [1.29, 1.82) is 0 Å². The van der Waals surface area contributed by atoms with Crippen molar-refractivity contribution in [3.05, 3.63) is 12.1 Å². The van der Waals surface area contributed by atoms with Crippen molar-refractivity contribution in [3.63, 3.8) is 0 Å². The predicted octanol–water partition coefficient (Wildman–Crippen LogP) is 3.53. The lowest BCUT2D eigenvalue weighted by atomic mass is 9.91. The summed E-state index contributed by atoms with van der Waals surface area (Å²) in [6.07, 6.45) is 7.33. The molecule has 0 saturated carbocycles. The lowest BCUT2D eigenvalue weighted by Crippen LogP contribution is -2.40.